The number of nitrogens with zero attached hydrogens (tertiary/aromatic N) is 2. The highest BCUT2D eigenvalue weighted by molar-refractivity contribution is 7.22. The summed E-state index contributed by atoms with van der Waals surface area (Å²) in [7, 11) is 4.46. The van der Waals surface area contributed by atoms with Gasteiger partial charge in [-0.15, -0.1) is 0 Å². The van der Waals surface area contributed by atoms with E-state index in [0.717, 1.165) is 21.3 Å². The number of carbonyl (C=O) groups is 2. The van der Waals surface area contributed by atoms with Crippen LogP contribution in [0.15, 0.2) is 54.1 Å². The van der Waals surface area contributed by atoms with Gasteiger partial charge in [-0.2, -0.15) is 0 Å². The predicted octanol–water partition coefficient (Wildman–Crippen LogP) is 5.96. The van der Waals surface area contributed by atoms with E-state index in [-0.39, 0.29) is 11.3 Å². The summed E-state index contributed by atoms with van der Waals surface area (Å²) in [6.07, 6.45) is 0. The topological polar surface area (TPSA) is 107 Å². The maximum Gasteiger partial charge on any atom is 0.301 e. The quantitative estimate of drug-likeness (QED) is 0.156. The highest BCUT2D eigenvalue weighted by atomic mass is 32.1. The zero-order chi connectivity index (χ0) is 29.4. The Balaban J connectivity index is 1.76. The zero-order valence-corrected chi connectivity index (χ0v) is 24.4. The molecule has 3 aromatic carbocycles. The fourth-order valence-electron chi connectivity index (χ4n) is 5.10. The van der Waals surface area contributed by atoms with Gasteiger partial charge < -0.3 is 24.1 Å². The Morgan fingerprint density at radius 1 is 0.976 bits per heavy atom. The van der Waals surface area contributed by atoms with E-state index in [1.54, 1.807) is 36.4 Å². The molecule has 0 radical (unpaired) electrons. The van der Waals surface area contributed by atoms with Crippen molar-refractivity contribution >= 4 is 44.1 Å². The molecule has 0 saturated carbocycles. The number of aryl methyl sites for hydroxylation is 2. The number of ether oxygens (including phenoxy) is 4. The van der Waals surface area contributed by atoms with Crippen LogP contribution in [0, 0.1) is 13.8 Å². The first-order valence-corrected chi connectivity index (χ1v) is 13.8. The van der Waals surface area contributed by atoms with Crippen LogP contribution in [0.4, 0.5) is 5.13 Å². The van der Waals surface area contributed by atoms with Crippen LogP contribution in [0.3, 0.4) is 0 Å². The van der Waals surface area contributed by atoms with E-state index in [9.17, 15) is 14.7 Å². The molecule has 1 amide bonds. The number of aromatic nitrogens is 1. The van der Waals surface area contributed by atoms with Crippen molar-refractivity contribution < 1.29 is 33.6 Å². The predicted molar refractivity (Wildman–Crippen MR) is 158 cm³/mol. The minimum absolute atomic E-state index is 0.0828. The van der Waals surface area contributed by atoms with E-state index in [1.807, 2.05) is 32.9 Å². The molecule has 1 N–H and O–H groups in total. The molecule has 5 rings (SSSR count). The number of aliphatic hydroxyl groups is 1. The number of aliphatic hydroxyl groups excluding tert-OH is 1. The van der Waals surface area contributed by atoms with E-state index in [2.05, 4.69) is 0 Å². The molecule has 9 nitrogen and oxygen atoms in total. The van der Waals surface area contributed by atoms with Crippen LogP contribution >= 0.6 is 11.3 Å². The van der Waals surface area contributed by atoms with Crippen molar-refractivity contribution in [3.05, 3.63) is 76.4 Å². The lowest BCUT2D eigenvalue weighted by Gasteiger charge is -2.24. The van der Waals surface area contributed by atoms with Crippen molar-refractivity contribution in [2.24, 2.45) is 0 Å². The Labute approximate surface area is 241 Å². The molecule has 1 fully saturated rings. The number of Topliss-reactive ketones (excluding diaryl/α,β-unsaturated/α-hetero) is 1. The van der Waals surface area contributed by atoms with Gasteiger partial charge >= 0.3 is 5.91 Å². The first kappa shape index (κ1) is 28.0. The smallest absolute Gasteiger partial charge is 0.301 e. The van der Waals surface area contributed by atoms with Crippen molar-refractivity contribution in [2.75, 3.05) is 32.8 Å². The summed E-state index contributed by atoms with van der Waals surface area (Å²) in [5.41, 5.74) is 3.51. The summed E-state index contributed by atoms with van der Waals surface area (Å²) in [6, 6.07) is 13.0. The number of fused-ring (bicyclic) bond motifs is 1. The summed E-state index contributed by atoms with van der Waals surface area (Å²) in [5, 5.41) is 11.9. The molecule has 0 aliphatic carbocycles. The average Bonchev–Trinajstić information content (AvgIpc) is 3.50. The fraction of sp³-hybridized carbons (Fsp3) is 0.258. The Hall–Kier alpha value is -4.57. The second kappa shape index (κ2) is 11.1. The van der Waals surface area contributed by atoms with Crippen LogP contribution in [-0.2, 0) is 9.59 Å². The number of methoxy groups -OCH3 is 3. The van der Waals surface area contributed by atoms with Gasteiger partial charge in [-0.1, -0.05) is 17.4 Å². The maximum atomic E-state index is 13.7. The van der Waals surface area contributed by atoms with Crippen LogP contribution in [0.2, 0.25) is 0 Å². The Morgan fingerprint density at radius 3 is 2.22 bits per heavy atom. The molecule has 41 heavy (non-hydrogen) atoms. The number of amides is 1. The van der Waals surface area contributed by atoms with Crippen molar-refractivity contribution in [3.63, 3.8) is 0 Å². The zero-order valence-electron chi connectivity index (χ0n) is 23.6. The number of hydrogen-bond donors (Lipinski definition) is 1. The van der Waals surface area contributed by atoms with Gasteiger partial charge in [0.05, 0.1) is 49.8 Å². The van der Waals surface area contributed by atoms with Gasteiger partial charge in [0.25, 0.3) is 5.78 Å². The van der Waals surface area contributed by atoms with Crippen molar-refractivity contribution in [1.29, 1.82) is 0 Å². The Morgan fingerprint density at radius 2 is 1.63 bits per heavy atom. The molecule has 0 spiro atoms. The summed E-state index contributed by atoms with van der Waals surface area (Å²) < 4.78 is 23.0. The van der Waals surface area contributed by atoms with Crippen LogP contribution in [0.25, 0.3) is 16.0 Å². The Kier molecular flexibility index (Phi) is 7.59. The minimum Gasteiger partial charge on any atom is -0.507 e. The third-order valence-electron chi connectivity index (χ3n) is 6.91. The summed E-state index contributed by atoms with van der Waals surface area (Å²) >= 11 is 1.31. The monoisotopic (exact) mass is 574 g/mol. The lowest BCUT2D eigenvalue weighted by atomic mass is 9.94. The Bertz CT molecular complexity index is 1670. The van der Waals surface area contributed by atoms with Crippen LogP contribution in [-0.4, -0.2) is 49.7 Å². The number of anilines is 1. The second-order valence-electron chi connectivity index (χ2n) is 9.51. The molecule has 0 bridgehead atoms. The fourth-order valence-corrected chi connectivity index (χ4v) is 6.27. The highest BCUT2D eigenvalue weighted by Gasteiger charge is 2.48. The maximum absolute atomic E-state index is 13.7. The van der Waals surface area contributed by atoms with Gasteiger partial charge in [-0.3, -0.25) is 14.5 Å². The molecule has 0 unspecified atom stereocenters. The molecule has 1 saturated heterocycles. The standard InChI is InChI=1S/C31H30N2O7S/c1-7-40-20-10-8-18(9-11-20)27(34)24-26(19-14-21(37-4)29(39-6)22(15-19)38-5)33(30(36)28(24)35)31-32-25-17(3)12-16(2)13-23(25)41-31/h8-15,26,34H,7H2,1-6H3/b27-24+/t26-/m1/s1. The molecule has 1 aliphatic rings. The van der Waals surface area contributed by atoms with Gasteiger partial charge in [0.1, 0.15) is 11.5 Å². The SMILES string of the molecule is CCOc1ccc(/C(O)=C2\C(=O)C(=O)N(c3nc4c(C)cc(C)cc4s3)[C@@H]2c2cc(OC)c(OC)c(OC)c2)cc1. The lowest BCUT2D eigenvalue weighted by molar-refractivity contribution is -0.132. The number of thiazole rings is 1. The van der Waals surface area contributed by atoms with E-state index in [4.69, 9.17) is 23.9 Å². The molecule has 10 heteroatoms. The third kappa shape index (κ3) is 4.84. The summed E-state index contributed by atoms with van der Waals surface area (Å²) in [5.74, 6) is -0.305. The molecule has 1 aromatic heterocycles. The number of rotatable bonds is 8. The molecular formula is C31H30N2O7S. The van der Waals surface area contributed by atoms with Gasteiger partial charge in [0, 0.05) is 5.56 Å². The van der Waals surface area contributed by atoms with E-state index < -0.39 is 17.7 Å². The molecule has 4 aromatic rings. The second-order valence-corrected chi connectivity index (χ2v) is 10.5. The largest absolute Gasteiger partial charge is 0.507 e. The summed E-state index contributed by atoms with van der Waals surface area (Å²) in [6.45, 7) is 6.30. The highest BCUT2D eigenvalue weighted by Crippen LogP contribution is 2.48. The summed E-state index contributed by atoms with van der Waals surface area (Å²) in [4.78, 5) is 33.5. The van der Waals surface area contributed by atoms with Gasteiger partial charge in [0.2, 0.25) is 5.75 Å². The molecule has 1 atom stereocenters. The molecule has 212 valence electrons. The van der Waals surface area contributed by atoms with Crippen molar-refractivity contribution in [2.45, 2.75) is 26.8 Å². The van der Waals surface area contributed by atoms with E-state index >= 15 is 0 Å². The molecular weight excluding hydrogens is 544 g/mol. The van der Waals surface area contributed by atoms with Crippen molar-refractivity contribution in [3.8, 4) is 23.0 Å². The van der Waals surface area contributed by atoms with Crippen LogP contribution in [0.5, 0.6) is 23.0 Å². The number of carbonyl (C=O) groups excluding carboxylic acids is 2. The lowest BCUT2D eigenvalue weighted by Crippen LogP contribution is -2.29. The number of ketones is 1. The van der Waals surface area contributed by atoms with E-state index in [1.165, 1.54) is 37.6 Å². The van der Waals surface area contributed by atoms with Crippen LogP contribution in [0.1, 0.15) is 35.2 Å². The van der Waals surface area contributed by atoms with Gasteiger partial charge in [-0.25, -0.2) is 4.98 Å². The van der Waals surface area contributed by atoms with Crippen LogP contribution < -0.4 is 23.8 Å². The average molecular weight is 575 g/mol. The number of hydrogen-bond acceptors (Lipinski definition) is 9. The molecule has 1 aliphatic heterocycles. The van der Waals surface area contributed by atoms with E-state index in [0.29, 0.717) is 45.9 Å². The van der Waals surface area contributed by atoms with Crippen molar-refractivity contribution in [1.82, 2.24) is 4.98 Å². The van der Waals surface area contributed by atoms with Gasteiger partial charge in [0.15, 0.2) is 16.6 Å². The first-order valence-electron chi connectivity index (χ1n) is 12.9. The first-order chi connectivity index (χ1) is 19.7. The van der Waals surface area contributed by atoms with Gasteiger partial charge in [-0.05, 0) is 79.9 Å². The minimum atomic E-state index is -1.03. The normalized spacial score (nSPS) is 16.3. The number of benzene rings is 3. The molecule has 2 heterocycles. The third-order valence-corrected chi connectivity index (χ3v) is 7.91.